The highest BCUT2D eigenvalue weighted by Crippen LogP contribution is 2.25. The van der Waals surface area contributed by atoms with Gasteiger partial charge in [-0.05, 0) is 25.8 Å². The second kappa shape index (κ2) is 7.53. The SMILES string of the molecule is CN.OCC(O)C1CCCCC1. The highest BCUT2D eigenvalue weighted by atomic mass is 16.3. The second-order valence-corrected chi connectivity index (χ2v) is 3.15. The van der Waals surface area contributed by atoms with Gasteiger partial charge in [-0.2, -0.15) is 0 Å². The van der Waals surface area contributed by atoms with Crippen LogP contribution in [0.25, 0.3) is 0 Å². The van der Waals surface area contributed by atoms with Gasteiger partial charge in [-0.1, -0.05) is 19.3 Å². The lowest BCUT2D eigenvalue weighted by atomic mass is 9.85. The van der Waals surface area contributed by atoms with Crippen molar-refractivity contribution in [1.29, 1.82) is 0 Å². The second-order valence-electron chi connectivity index (χ2n) is 3.15. The summed E-state index contributed by atoms with van der Waals surface area (Å²) >= 11 is 0. The van der Waals surface area contributed by atoms with Gasteiger partial charge in [-0.25, -0.2) is 0 Å². The van der Waals surface area contributed by atoms with E-state index in [1.54, 1.807) is 0 Å². The largest absolute Gasteiger partial charge is 0.394 e. The Balaban J connectivity index is 0.000000561. The lowest BCUT2D eigenvalue weighted by molar-refractivity contribution is 0.0325. The number of hydrogen-bond donors (Lipinski definition) is 3. The molecule has 1 fully saturated rings. The molecule has 1 rings (SSSR count). The summed E-state index contributed by atoms with van der Waals surface area (Å²) in [6.07, 6.45) is 5.49. The van der Waals surface area contributed by atoms with Crippen molar-refractivity contribution in [3.8, 4) is 0 Å². The Morgan fingerprint density at radius 3 is 2.17 bits per heavy atom. The third kappa shape index (κ3) is 4.04. The zero-order valence-corrected chi connectivity index (χ0v) is 7.87. The van der Waals surface area contributed by atoms with Crippen molar-refractivity contribution in [2.24, 2.45) is 11.7 Å². The molecule has 1 unspecified atom stereocenters. The minimum absolute atomic E-state index is 0.0648. The first kappa shape index (κ1) is 11.9. The van der Waals surface area contributed by atoms with Gasteiger partial charge in [0.15, 0.2) is 0 Å². The molecule has 0 spiro atoms. The molecule has 0 radical (unpaired) electrons. The van der Waals surface area contributed by atoms with Crippen LogP contribution in [0, 0.1) is 5.92 Å². The molecule has 0 aromatic carbocycles. The fourth-order valence-electron chi connectivity index (χ4n) is 1.67. The van der Waals surface area contributed by atoms with Crippen molar-refractivity contribution in [2.45, 2.75) is 38.2 Å². The molecule has 0 aliphatic heterocycles. The van der Waals surface area contributed by atoms with Gasteiger partial charge in [0.2, 0.25) is 0 Å². The maximum Gasteiger partial charge on any atom is 0.0799 e. The van der Waals surface area contributed by atoms with Crippen molar-refractivity contribution in [1.82, 2.24) is 0 Å². The average molecular weight is 175 g/mol. The van der Waals surface area contributed by atoms with E-state index in [9.17, 15) is 5.11 Å². The van der Waals surface area contributed by atoms with Gasteiger partial charge in [0, 0.05) is 0 Å². The Labute approximate surface area is 74.6 Å². The topological polar surface area (TPSA) is 66.5 Å². The smallest absolute Gasteiger partial charge is 0.0799 e. The minimum Gasteiger partial charge on any atom is -0.394 e. The molecule has 0 aromatic heterocycles. The van der Waals surface area contributed by atoms with E-state index in [1.165, 1.54) is 26.3 Å². The van der Waals surface area contributed by atoms with E-state index in [0.717, 1.165) is 12.8 Å². The van der Waals surface area contributed by atoms with Crippen LogP contribution in [-0.4, -0.2) is 30.0 Å². The van der Waals surface area contributed by atoms with Gasteiger partial charge in [-0.3, -0.25) is 0 Å². The quantitative estimate of drug-likeness (QED) is 0.572. The van der Waals surface area contributed by atoms with Gasteiger partial charge in [0.05, 0.1) is 12.7 Å². The van der Waals surface area contributed by atoms with Crippen LogP contribution in [0.2, 0.25) is 0 Å². The number of nitrogens with two attached hydrogens (primary N) is 1. The van der Waals surface area contributed by atoms with E-state index < -0.39 is 6.10 Å². The van der Waals surface area contributed by atoms with E-state index in [-0.39, 0.29) is 6.61 Å². The molecule has 1 atom stereocenters. The molecule has 4 N–H and O–H groups in total. The predicted octanol–water partition coefficient (Wildman–Crippen LogP) is 0.495. The average Bonchev–Trinajstić information content (AvgIpc) is 2.21. The summed E-state index contributed by atoms with van der Waals surface area (Å²) in [7, 11) is 1.50. The molecule has 12 heavy (non-hydrogen) atoms. The maximum absolute atomic E-state index is 9.23. The first-order chi connectivity index (χ1) is 5.84. The highest BCUT2D eigenvalue weighted by molar-refractivity contribution is 4.71. The minimum atomic E-state index is -0.458. The Hall–Kier alpha value is -0.120. The molecule has 0 bridgehead atoms. The molecule has 3 heteroatoms. The predicted molar refractivity (Wildman–Crippen MR) is 49.8 cm³/mol. The van der Waals surface area contributed by atoms with Gasteiger partial charge in [0.25, 0.3) is 0 Å². The van der Waals surface area contributed by atoms with Crippen LogP contribution >= 0.6 is 0 Å². The molecule has 1 aliphatic carbocycles. The third-order valence-electron chi connectivity index (χ3n) is 2.38. The van der Waals surface area contributed by atoms with E-state index in [1.807, 2.05) is 0 Å². The molecule has 1 aliphatic rings. The van der Waals surface area contributed by atoms with Crippen LogP contribution < -0.4 is 5.73 Å². The van der Waals surface area contributed by atoms with Crippen molar-refractivity contribution < 1.29 is 10.2 Å². The summed E-state index contributed by atoms with van der Waals surface area (Å²) < 4.78 is 0. The lowest BCUT2D eigenvalue weighted by Crippen LogP contribution is -2.25. The van der Waals surface area contributed by atoms with Crippen LogP contribution in [0.3, 0.4) is 0 Å². The highest BCUT2D eigenvalue weighted by Gasteiger charge is 2.20. The van der Waals surface area contributed by atoms with E-state index in [2.05, 4.69) is 5.73 Å². The van der Waals surface area contributed by atoms with Crippen molar-refractivity contribution in [3.63, 3.8) is 0 Å². The Morgan fingerprint density at radius 1 is 1.25 bits per heavy atom. The molecule has 0 aromatic rings. The first-order valence-corrected chi connectivity index (χ1v) is 4.71. The van der Waals surface area contributed by atoms with Crippen molar-refractivity contribution in [3.05, 3.63) is 0 Å². The lowest BCUT2D eigenvalue weighted by Gasteiger charge is -2.24. The normalized spacial score (nSPS) is 21.0. The van der Waals surface area contributed by atoms with Crippen LogP contribution in [0.4, 0.5) is 0 Å². The molecule has 3 nitrogen and oxygen atoms in total. The van der Waals surface area contributed by atoms with Crippen LogP contribution in [0.1, 0.15) is 32.1 Å². The van der Waals surface area contributed by atoms with E-state index >= 15 is 0 Å². The Morgan fingerprint density at radius 2 is 1.75 bits per heavy atom. The monoisotopic (exact) mass is 175 g/mol. The molecular formula is C9H21NO2. The number of aliphatic hydroxyl groups excluding tert-OH is 2. The Kier molecular flexibility index (Phi) is 7.45. The van der Waals surface area contributed by atoms with E-state index in [0.29, 0.717) is 5.92 Å². The molecule has 0 saturated heterocycles. The van der Waals surface area contributed by atoms with Crippen LogP contribution in [0.5, 0.6) is 0 Å². The fourth-order valence-corrected chi connectivity index (χ4v) is 1.67. The zero-order valence-electron chi connectivity index (χ0n) is 7.87. The first-order valence-electron chi connectivity index (χ1n) is 4.71. The molecule has 74 valence electrons. The van der Waals surface area contributed by atoms with E-state index in [4.69, 9.17) is 5.11 Å². The molecular weight excluding hydrogens is 154 g/mol. The summed E-state index contributed by atoms with van der Waals surface area (Å²) in [5, 5.41) is 17.9. The number of aliphatic hydroxyl groups is 2. The summed E-state index contributed by atoms with van der Waals surface area (Å²) in [5.74, 6) is 0.374. The number of rotatable bonds is 2. The zero-order chi connectivity index (χ0) is 9.40. The standard InChI is InChI=1S/C8H16O2.CH5N/c9-6-8(10)7-4-2-1-3-5-7;1-2/h7-10H,1-6H2;2H2,1H3. The van der Waals surface area contributed by atoms with Gasteiger partial charge in [0.1, 0.15) is 0 Å². The van der Waals surface area contributed by atoms with Crippen LogP contribution in [-0.2, 0) is 0 Å². The summed E-state index contributed by atoms with van der Waals surface area (Å²) in [6, 6.07) is 0. The summed E-state index contributed by atoms with van der Waals surface area (Å²) in [5.41, 5.74) is 4.50. The van der Waals surface area contributed by atoms with Crippen molar-refractivity contribution >= 4 is 0 Å². The summed E-state index contributed by atoms with van der Waals surface area (Å²) in [6.45, 7) is -0.0648. The third-order valence-corrected chi connectivity index (χ3v) is 2.38. The van der Waals surface area contributed by atoms with Crippen molar-refractivity contribution in [2.75, 3.05) is 13.7 Å². The molecule has 1 saturated carbocycles. The van der Waals surface area contributed by atoms with Gasteiger partial charge < -0.3 is 15.9 Å². The van der Waals surface area contributed by atoms with Gasteiger partial charge >= 0.3 is 0 Å². The summed E-state index contributed by atoms with van der Waals surface area (Å²) in [4.78, 5) is 0. The fraction of sp³-hybridized carbons (Fsp3) is 1.00. The Bertz CT molecular complexity index is 92.5. The number of hydrogen-bond acceptors (Lipinski definition) is 3. The van der Waals surface area contributed by atoms with Gasteiger partial charge in [-0.15, -0.1) is 0 Å². The van der Waals surface area contributed by atoms with Crippen LogP contribution in [0.15, 0.2) is 0 Å². The molecule has 0 amide bonds. The maximum atomic E-state index is 9.23. The molecule has 0 heterocycles.